The fourth-order valence-electron chi connectivity index (χ4n) is 5.16. The van der Waals surface area contributed by atoms with Crippen LogP contribution in [-0.4, -0.2) is 52.0 Å². The summed E-state index contributed by atoms with van der Waals surface area (Å²) < 4.78 is 4.89. The number of rotatable bonds is 3. The second-order valence-electron chi connectivity index (χ2n) is 9.39. The monoisotopic (exact) mass is 452 g/mol. The van der Waals surface area contributed by atoms with Gasteiger partial charge in [0.15, 0.2) is 0 Å². The maximum Gasteiger partial charge on any atom is 0.308 e. The fraction of sp³-hybridized carbons (Fsp3) is 0.462. The lowest BCUT2D eigenvalue weighted by atomic mass is 9.75. The Morgan fingerprint density at radius 3 is 2.21 bits per heavy atom. The van der Waals surface area contributed by atoms with Crippen molar-refractivity contribution in [3.05, 3.63) is 70.8 Å². The van der Waals surface area contributed by atoms with Gasteiger partial charge in [-0.1, -0.05) is 48.5 Å². The highest BCUT2D eigenvalue weighted by atomic mass is 16.5. The fourth-order valence-corrected chi connectivity index (χ4v) is 5.16. The van der Waals surface area contributed by atoms with Crippen molar-refractivity contribution in [2.24, 2.45) is 5.73 Å². The second kappa shape index (κ2) is 9.25. The summed E-state index contributed by atoms with van der Waals surface area (Å²) in [4.78, 5) is 22.8. The highest BCUT2D eigenvalue weighted by Crippen LogP contribution is 2.35. The summed E-state index contributed by atoms with van der Waals surface area (Å²) in [5, 5.41) is 23.8. The molecule has 1 saturated heterocycles. The van der Waals surface area contributed by atoms with Gasteiger partial charge < -0.3 is 26.0 Å². The first-order valence-electron chi connectivity index (χ1n) is 11.5. The normalized spacial score (nSPS) is 29.5. The quantitative estimate of drug-likeness (QED) is 0.519. The lowest BCUT2D eigenvalue weighted by molar-refractivity contribution is -0.149. The number of nitrogens with one attached hydrogen (secondary N) is 1. The van der Waals surface area contributed by atoms with E-state index in [-0.39, 0.29) is 24.8 Å². The van der Waals surface area contributed by atoms with Gasteiger partial charge in [-0.25, -0.2) is 0 Å². The van der Waals surface area contributed by atoms with E-state index in [4.69, 9.17) is 10.5 Å². The number of fused-ring (bicyclic) bond motifs is 3. The van der Waals surface area contributed by atoms with Gasteiger partial charge in [0.2, 0.25) is 5.91 Å². The molecule has 1 amide bonds. The number of aliphatic hydroxyl groups is 2. The molecule has 176 valence electrons. The Kier molecular flexibility index (Phi) is 6.56. The first-order valence-corrected chi connectivity index (χ1v) is 11.5. The first-order chi connectivity index (χ1) is 15.7. The Bertz CT molecular complexity index is 1040. The Morgan fingerprint density at radius 2 is 1.58 bits per heavy atom. The minimum absolute atomic E-state index is 0.0321. The van der Waals surface area contributed by atoms with Gasteiger partial charge in [0.05, 0.1) is 36.7 Å². The molecule has 2 aromatic carbocycles. The van der Waals surface area contributed by atoms with Crippen LogP contribution in [0.15, 0.2) is 48.5 Å². The summed E-state index contributed by atoms with van der Waals surface area (Å²) in [6.07, 6.45) is 2.53. The molecule has 33 heavy (non-hydrogen) atoms. The number of benzene rings is 2. The number of ether oxygens (including phenoxy) is 1. The van der Waals surface area contributed by atoms with Crippen LogP contribution in [0.2, 0.25) is 0 Å². The van der Waals surface area contributed by atoms with Gasteiger partial charge in [-0.05, 0) is 42.0 Å². The molecule has 1 aliphatic heterocycles. The topological polar surface area (TPSA) is 122 Å². The highest BCUT2D eigenvalue weighted by Gasteiger charge is 2.48. The summed E-state index contributed by atoms with van der Waals surface area (Å²) >= 11 is 0. The van der Waals surface area contributed by atoms with Crippen LogP contribution in [-0.2, 0) is 40.0 Å². The number of amides is 1. The van der Waals surface area contributed by atoms with E-state index in [0.29, 0.717) is 25.9 Å². The third-order valence-electron chi connectivity index (χ3n) is 6.99. The Balaban J connectivity index is 0.000000159. The van der Waals surface area contributed by atoms with Crippen LogP contribution in [0.1, 0.15) is 42.0 Å². The summed E-state index contributed by atoms with van der Waals surface area (Å²) in [7, 11) is 0. The predicted octanol–water partition coefficient (Wildman–Crippen LogP) is 1.20. The van der Waals surface area contributed by atoms with Crippen LogP contribution < -0.4 is 11.1 Å². The lowest BCUT2D eigenvalue weighted by Gasteiger charge is -2.38. The maximum absolute atomic E-state index is 11.5. The van der Waals surface area contributed by atoms with E-state index in [9.17, 15) is 19.8 Å². The summed E-state index contributed by atoms with van der Waals surface area (Å²) in [6.45, 7) is 2.07. The van der Waals surface area contributed by atoms with Crippen LogP contribution in [0.3, 0.4) is 0 Å². The van der Waals surface area contributed by atoms with Crippen molar-refractivity contribution in [3.8, 4) is 0 Å². The first kappa shape index (κ1) is 23.4. The van der Waals surface area contributed by atoms with E-state index in [1.165, 1.54) is 11.1 Å². The minimum Gasteiger partial charge on any atom is -0.466 e. The number of hydrogen-bond donors (Lipinski definition) is 4. The molecule has 7 heteroatoms. The molecular weight excluding hydrogens is 420 g/mol. The van der Waals surface area contributed by atoms with E-state index < -0.39 is 23.2 Å². The number of esters is 1. The minimum atomic E-state index is -1.19. The van der Waals surface area contributed by atoms with Gasteiger partial charge in [-0.3, -0.25) is 9.59 Å². The molecule has 2 aromatic rings. The Morgan fingerprint density at radius 1 is 1.00 bits per heavy atom. The van der Waals surface area contributed by atoms with Crippen molar-refractivity contribution < 1.29 is 24.5 Å². The summed E-state index contributed by atoms with van der Waals surface area (Å²) in [5.41, 5.74) is 8.60. The average molecular weight is 453 g/mol. The number of carbonyl (C=O) groups excluding carboxylic acids is 2. The molecule has 5 N–H and O–H groups in total. The van der Waals surface area contributed by atoms with Crippen molar-refractivity contribution in [1.29, 1.82) is 0 Å². The van der Waals surface area contributed by atoms with Crippen LogP contribution in [0, 0.1) is 0 Å². The van der Waals surface area contributed by atoms with Crippen molar-refractivity contribution in [1.82, 2.24) is 5.32 Å². The van der Waals surface area contributed by atoms with Gasteiger partial charge in [0.1, 0.15) is 0 Å². The molecule has 0 radical (unpaired) electrons. The third-order valence-corrected chi connectivity index (χ3v) is 6.99. The lowest BCUT2D eigenvalue weighted by Crippen LogP contribution is -2.54. The van der Waals surface area contributed by atoms with Crippen LogP contribution >= 0.6 is 0 Å². The van der Waals surface area contributed by atoms with Gasteiger partial charge in [-0.2, -0.15) is 0 Å². The second-order valence-corrected chi connectivity index (χ2v) is 9.39. The Labute approximate surface area is 194 Å². The Hall–Kier alpha value is -2.74. The van der Waals surface area contributed by atoms with Gasteiger partial charge in [0.25, 0.3) is 0 Å². The van der Waals surface area contributed by atoms with E-state index in [1.54, 1.807) is 6.92 Å². The molecule has 0 aromatic heterocycles. The molecule has 1 fully saturated rings. The molecule has 4 atom stereocenters. The molecule has 5 rings (SSSR count). The van der Waals surface area contributed by atoms with Crippen molar-refractivity contribution >= 4 is 11.9 Å². The molecule has 7 nitrogen and oxygen atoms in total. The molecule has 2 aliphatic carbocycles. The molecule has 0 bridgehead atoms. The number of hydrogen-bond acceptors (Lipinski definition) is 6. The zero-order chi connectivity index (χ0) is 23.6. The van der Waals surface area contributed by atoms with Crippen molar-refractivity contribution in [2.75, 3.05) is 6.61 Å². The largest absolute Gasteiger partial charge is 0.466 e. The number of carbonyl (C=O) groups is 2. The van der Waals surface area contributed by atoms with Crippen LogP contribution in [0.5, 0.6) is 0 Å². The third kappa shape index (κ3) is 4.95. The van der Waals surface area contributed by atoms with Crippen molar-refractivity contribution in [3.63, 3.8) is 0 Å². The zero-order valence-electron chi connectivity index (χ0n) is 18.9. The maximum atomic E-state index is 11.5. The SMILES string of the molecule is CCOC(=O)C[C@@]1(O)Cc2ccccc2C[C@H]1N.O=C1C[C@@]2(O)Cc3ccccc3C[C@H]2N1. The predicted molar refractivity (Wildman–Crippen MR) is 123 cm³/mol. The molecular formula is C26H32N2O5. The zero-order valence-corrected chi connectivity index (χ0v) is 18.9. The molecule has 0 spiro atoms. The smallest absolute Gasteiger partial charge is 0.308 e. The summed E-state index contributed by atoms with van der Waals surface area (Å²) in [5.74, 6) is -0.426. The van der Waals surface area contributed by atoms with E-state index in [0.717, 1.165) is 17.5 Å². The van der Waals surface area contributed by atoms with Gasteiger partial charge >= 0.3 is 5.97 Å². The number of nitrogens with two attached hydrogens (primary N) is 1. The van der Waals surface area contributed by atoms with Crippen LogP contribution in [0.4, 0.5) is 0 Å². The van der Waals surface area contributed by atoms with Gasteiger partial charge in [0, 0.05) is 18.9 Å². The summed E-state index contributed by atoms with van der Waals surface area (Å²) in [6, 6.07) is 15.4. The van der Waals surface area contributed by atoms with Crippen molar-refractivity contribution in [2.45, 2.75) is 68.7 Å². The van der Waals surface area contributed by atoms with Gasteiger partial charge in [-0.15, -0.1) is 0 Å². The molecule has 0 saturated carbocycles. The van der Waals surface area contributed by atoms with E-state index in [1.807, 2.05) is 42.5 Å². The van der Waals surface area contributed by atoms with Crippen LogP contribution in [0.25, 0.3) is 0 Å². The molecule has 3 aliphatic rings. The average Bonchev–Trinajstić information content (AvgIpc) is 3.05. The standard InChI is InChI=1S/C14H19NO3.C12H13NO2/c1-2-18-13(16)9-14(17)8-11-6-4-3-5-10(11)7-12(14)15;14-11-7-12(15)6-9-4-2-1-3-8(9)5-10(12)13-11/h3-6,12,17H,2,7-9,15H2,1H3;1-4,10,15H,5-7H2,(H,13,14)/t12-,14+;10-,12+/m11/s1. The highest BCUT2D eigenvalue weighted by molar-refractivity contribution is 5.81. The van der Waals surface area contributed by atoms with E-state index in [2.05, 4.69) is 11.4 Å². The van der Waals surface area contributed by atoms with E-state index >= 15 is 0 Å². The molecule has 0 unspecified atom stereocenters. The molecule has 1 heterocycles.